The molecule has 106 valence electrons. The van der Waals surface area contributed by atoms with E-state index >= 15 is 0 Å². The van der Waals surface area contributed by atoms with Crippen LogP contribution in [-0.4, -0.2) is 35.0 Å². The van der Waals surface area contributed by atoms with Gasteiger partial charge in [-0.05, 0) is 12.5 Å². The Morgan fingerprint density at radius 3 is 2.95 bits per heavy atom. The van der Waals surface area contributed by atoms with Crippen LogP contribution in [0.15, 0.2) is 25.4 Å². The van der Waals surface area contributed by atoms with E-state index in [4.69, 9.17) is 11.5 Å². The van der Waals surface area contributed by atoms with Gasteiger partial charge in [0.2, 0.25) is 11.9 Å². The third-order valence-corrected chi connectivity index (χ3v) is 3.15. The van der Waals surface area contributed by atoms with E-state index in [1.807, 2.05) is 4.90 Å². The van der Waals surface area contributed by atoms with Crippen molar-refractivity contribution in [2.24, 2.45) is 5.73 Å². The first kappa shape index (κ1) is 13.9. The number of nitrogens with zero attached hydrogens (tertiary/aromatic N) is 3. The molecule has 7 nitrogen and oxygen atoms in total. The lowest BCUT2D eigenvalue weighted by molar-refractivity contribution is -0.117. The minimum absolute atomic E-state index is 0.0643. The molecule has 1 aromatic heterocycles. The van der Waals surface area contributed by atoms with Gasteiger partial charge in [0, 0.05) is 31.0 Å². The maximum atomic E-state index is 11.3. The van der Waals surface area contributed by atoms with Crippen molar-refractivity contribution in [3.8, 4) is 0 Å². The molecule has 1 atom stereocenters. The van der Waals surface area contributed by atoms with Crippen molar-refractivity contribution in [1.82, 2.24) is 15.3 Å². The summed E-state index contributed by atoms with van der Waals surface area (Å²) in [5.74, 6) is 0.663. The van der Waals surface area contributed by atoms with E-state index in [1.54, 1.807) is 6.20 Å². The minimum atomic E-state index is -0.174. The van der Waals surface area contributed by atoms with Crippen LogP contribution in [0.2, 0.25) is 0 Å². The molecule has 0 spiro atoms. The molecule has 1 saturated heterocycles. The van der Waals surface area contributed by atoms with E-state index in [1.165, 1.54) is 6.08 Å². The lowest BCUT2D eigenvalue weighted by Gasteiger charge is -2.17. The summed E-state index contributed by atoms with van der Waals surface area (Å²) in [6.45, 7) is 8.44. The standard InChI is InChI=1S/C13H18N6O/c1-3-11(20)17-9-4-5-19(7-9)13-16-6-10(8(2)14)12(15)18-13/h3,6,9H,1-2,4-5,7,14H2,(H,17,20)(H2,15,16,18)/t9-/m0/s1. The smallest absolute Gasteiger partial charge is 0.243 e. The largest absolute Gasteiger partial charge is 0.399 e. The number of aromatic nitrogens is 2. The Bertz CT molecular complexity index is 556. The molecule has 1 amide bonds. The lowest BCUT2D eigenvalue weighted by atomic mass is 10.2. The van der Waals surface area contributed by atoms with Crippen LogP contribution in [0.4, 0.5) is 11.8 Å². The molecule has 7 heteroatoms. The van der Waals surface area contributed by atoms with Crippen LogP contribution in [0.3, 0.4) is 0 Å². The predicted molar refractivity (Wildman–Crippen MR) is 78.6 cm³/mol. The Morgan fingerprint density at radius 1 is 1.60 bits per heavy atom. The second-order valence-corrected chi connectivity index (χ2v) is 4.64. The molecule has 1 fully saturated rings. The van der Waals surface area contributed by atoms with Gasteiger partial charge in [-0.2, -0.15) is 4.98 Å². The molecule has 2 rings (SSSR count). The van der Waals surface area contributed by atoms with Gasteiger partial charge in [0.15, 0.2) is 0 Å². The van der Waals surface area contributed by atoms with E-state index in [0.29, 0.717) is 29.6 Å². The van der Waals surface area contributed by atoms with Crippen LogP contribution in [0.1, 0.15) is 12.0 Å². The van der Waals surface area contributed by atoms with Crippen molar-refractivity contribution in [2.75, 3.05) is 23.7 Å². The summed E-state index contributed by atoms with van der Waals surface area (Å²) >= 11 is 0. The van der Waals surface area contributed by atoms with Crippen molar-refractivity contribution in [3.63, 3.8) is 0 Å². The number of nitrogen functional groups attached to an aromatic ring is 1. The fourth-order valence-corrected chi connectivity index (χ4v) is 2.10. The van der Waals surface area contributed by atoms with E-state index in [-0.39, 0.29) is 11.9 Å². The summed E-state index contributed by atoms with van der Waals surface area (Å²) in [7, 11) is 0. The van der Waals surface area contributed by atoms with Gasteiger partial charge < -0.3 is 21.7 Å². The second kappa shape index (κ2) is 5.60. The van der Waals surface area contributed by atoms with Crippen molar-refractivity contribution in [1.29, 1.82) is 0 Å². The molecule has 5 N–H and O–H groups in total. The fraction of sp³-hybridized carbons (Fsp3) is 0.308. The highest BCUT2D eigenvalue weighted by molar-refractivity contribution is 5.87. The monoisotopic (exact) mass is 274 g/mol. The highest BCUT2D eigenvalue weighted by Crippen LogP contribution is 2.20. The molecule has 0 radical (unpaired) electrons. The number of nitrogens with two attached hydrogens (primary N) is 2. The van der Waals surface area contributed by atoms with Crippen LogP contribution in [0.5, 0.6) is 0 Å². The van der Waals surface area contributed by atoms with Crippen LogP contribution >= 0.6 is 0 Å². The third-order valence-electron chi connectivity index (χ3n) is 3.15. The number of hydrogen-bond donors (Lipinski definition) is 3. The highest BCUT2D eigenvalue weighted by Gasteiger charge is 2.25. The number of hydrogen-bond acceptors (Lipinski definition) is 6. The molecular weight excluding hydrogens is 256 g/mol. The lowest BCUT2D eigenvalue weighted by Crippen LogP contribution is -2.36. The maximum Gasteiger partial charge on any atom is 0.243 e. The zero-order valence-electron chi connectivity index (χ0n) is 11.2. The topological polar surface area (TPSA) is 110 Å². The van der Waals surface area contributed by atoms with Gasteiger partial charge in [0.05, 0.1) is 5.56 Å². The first-order chi connectivity index (χ1) is 9.51. The number of carbonyl (C=O) groups is 1. The Labute approximate surface area is 117 Å². The Kier molecular flexibility index (Phi) is 3.88. The van der Waals surface area contributed by atoms with Gasteiger partial charge in [-0.25, -0.2) is 4.98 Å². The SMILES string of the molecule is C=CC(=O)N[C@H]1CCN(c2ncc(C(=C)N)c(N)n2)C1. The second-order valence-electron chi connectivity index (χ2n) is 4.64. The first-order valence-corrected chi connectivity index (χ1v) is 6.26. The summed E-state index contributed by atoms with van der Waals surface area (Å²) in [4.78, 5) is 21.7. The molecule has 0 unspecified atom stereocenters. The first-order valence-electron chi connectivity index (χ1n) is 6.26. The fourth-order valence-electron chi connectivity index (χ4n) is 2.10. The predicted octanol–water partition coefficient (Wildman–Crippen LogP) is -0.131. The van der Waals surface area contributed by atoms with E-state index in [9.17, 15) is 4.79 Å². The number of amides is 1. The number of carbonyl (C=O) groups excluding carboxylic acids is 1. The summed E-state index contributed by atoms with van der Waals surface area (Å²) in [5, 5.41) is 2.85. The Balaban J connectivity index is 2.06. The zero-order chi connectivity index (χ0) is 14.7. The molecule has 0 bridgehead atoms. The van der Waals surface area contributed by atoms with Gasteiger partial charge in [0.25, 0.3) is 0 Å². The number of rotatable bonds is 4. The van der Waals surface area contributed by atoms with Gasteiger partial charge in [-0.3, -0.25) is 4.79 Å². The third kappa shape index (κ3) is 2.87. The van der Waals surface area contributed by atoms with E-state index in [2.05, 4.69) is 28.4 Å². The molecule has 20 heavy (non-hydrogen) atoms. The molecule has 1 aliphatic rings. The quantitative estimate of drug-likeness (QED) is 0.660. The van der Waals surface area contributed by atoms with Gasteiger partial charge >= 0.3 is 0 Å². The Hall–Kier alpha value is -2.57. The average molecular weight is 274 g/mol. The maximum absolute atomic E-state index is 11.3. The number of nitrogens with one attached hydrogen (secondary N) is 1. The summed E-state index contributed by atoms with van der Waals surface area (Å²) in [6.07, 6.45) is 3.66. The highest BCUT2D eigenvalue weighted by atomic mass is 16.1. The van der Waals surface area contributed by atoms with Gasteiger partial charge in [0.1, 0.15) is 5.82 Å². The molecular formula is C13H18N6O. The normalized spacial score (nSPS) is 17.8. The van der Waals surface area contributed by atoms with Crippen LogP contribution in [0, 0.1) is 0 Å². The molecule has 0 aromatic carbocycles. The summed E-state index contributed by atoms with van der Waals surface area (Å²) < 4.78 is 0. The molecule has 1 aromatic rings. The van der Waals surface area contributed by atoms with Crippen LogP contribution < -0.4 is 21.7 Å². The summed E-state index contributed by atoms with van der Waals surface area (Å²) in [5.41, 5.74) is 12.3. The van der Waals surface area contributed by atoms with E-state index in [0.717, 1.165) is 13.0 Å². The molecule has 0 aliphatic carbocycles. The van der Waals surface area contributed by atoms with Crippen molar-refractivity contribution in [3.05, 3.63) is 31.0 Å². The van der Waals surface area contributed by atoms with E-state index < -0.39 is 0 Å². The zero-order valence-corrected chi connectivity index (χ0v) is 11.2. The number of anilines is 2. The van der Waals surface area contributed by atoms with Crippen LogP contribution in [-0.2, 0) is 4.79 Å². The van der Waals surface area contributed by atoms with Crippen molar-refractivity contribution in [2.45, 2.75) is 12.5 Å². The Morgan fingerprint density at radius 2 is 2.35 bits per heavy atom. The van der Waals surface area contributed by atoms with Crippen molar-refractivity contribution >= 4 is 23.4 Å². The average Bonchev–Trinajstić information content (AvgIpc) is 2.86. The van der Waals surface area contributed by atoms with Crippen LogP contribution in [0.25, 0.3) is 5.70 Å². The van der Waals surface area contributed by atoms with Gasteiger partial charge in [-0.1, -0.05) is 13.2 Å². The molecule has 0 saturated carbocycles. The molecule has 1 aliphatic heterocycles. The molecule has 2 heterocycles. The van der Waals surface area contributed by atoms with Crippen molar-refractivity contribution < 1.29 is 4.79 Å². The van der Waals surface area contributed by atoms with Gasteiger partial charge in [-0.15, -0.1) is 0 Å². The minimum Gasteiger partial charge on any atom is -0.399 e. The summed E-state index contributed by atoms with van der Waals surface area (Å²) in [6, 6.07) is 0.0643.